The van der Waals surface area contributed by atoms with Crippen LogP contribution in [-0.2, 0) is 0 Å². The molecule has 0 saturated carbocycles. The predicted molar refractivity (Wildman–Crippen MR) is 63.5 cm³/mol. The Hall–Kier alpha value is -0.530. The van der Waals surface area contributed by atoms with Crippen molar-refractivity contribution in [3.05, 3.63) is 35.4 Å². The maximum Gasteiger partial charge on any atom is 0.0363 e. The summed E-state index contributed by atoms with van der Waals surface area (Å²) in [5.41, 5.74) is 1.13. The Bertz CT molecular complexity index is 247. The minimum absolute atomic E-state index is 0.446. The molecule has 1 atom stereocenters. The van der Waals surface area contributed by atoms with E-state index in [0.717, 1.165) is 17.2 Å². The van der Waals surface area contributed by atoms with Gasteiger partial charge in [-0.05, 0) is 38.0 Å². The Morgan fingerprint density at radius 3 is 2.79 bits per heavy atom. The van der Waals surface area contributed by atoms with Crippen molar-refractivity contribution >= 4 is 11.6 Å². The summed E-state index contributed by atoms with van der Waals surface area (Å²) < 4.78 is 0. The van der Waals surface area contributed by atoms with Crippen LogP contribution < -0.4 is 5.32 Å². The first-order chi connectivity index (χ1) is 6.74. The van der Waals surface area contributed by atoms with Gasteiger partial charge in [-0.2, -0.15) is 0 Å². The van der Waals surface area contributed by atoms with Crippen molar-refractivity contribution in [2.75, 3.05) is 6.54 Å². The summed E-state index contributed by atoms with van der Waals surface area (Å²) in [6, 6.07) is 0.446. The smallest absolute Gasteiger partial charge is 0.0363 e. The summed E-state index contributed by atoms with van der Waals surface area (Å²) in [4.78, 5) is 0. The second-order valence-corrected chi connectivity index (χ2v) is 4.02. The van der Waals surface area contributed by atoms with E-state index in [1.54, 1.807) is 0 Å². The van der Waals surface area contributed by atoms with E-state index in [2.05, 4.69) is 11.9 Å². The molecule has 1 aliphatic heterocycles. The average Bonchev–Trinajstić information content (AvgIpc) is 2.26. The molecule has 1 nitrogen and oxygen atoms in total. The van der Waals surface area contributed by atoms with Gasteiger partial charge in [0, 0.05) is 11.1 Å². The molecule has 0 amide bonds. The van der Waals surface area contributed by atoms with Gasteiger partial charge in [-0.15, -0.1) is 0 Å². The maximum absolute atomic E-state index is 5.86. The lowest BCUT2D eigenvalue weighted by Crippen LogP contribution is -2.34. The molecule has 0 unspecified atom stereocenters. The molecule has 1 heterocycles. The van der Waals surface area contributed by atoms with Gasteiger partial charge in [0.25, 0.3) is 0 Å². The van der Waals surface area contributed by atoms with E-state index in [1.165, 1.54) is 19.3 Å². The number of rotatable bonds is 3. The summed E-state index contributed by atoms with van der Waals surface area (Å²) in [6.45, 7) is 7.08. The lowest BCUT2D eigenvalue weighted by molar-refractivity contribution is 0.445. The van der Waals surface area contributed by atoms with Gasteiger partial charge in [0.2, 0.25) is 0 Å². The van der Waals surface area contributed by atoms with Gasteiger partial charge in [-0.25, -0.2) is 0 Å². The first-order valence-corrected chi connectivity index (χ1v) is 5.54. The lowest BCUT2D eigenvalue weighted by atomic mass is 9.98. The van der Waals surface area contributed by atoms with E-state index in [0.29, 0.717) is 6.04 Å². The van der Waals surface area contributed by atoms with Crippen LogP contribution in [-0.4, -0.2) is 12.6 Å². The van der Waals surface area contributed by atoms with Crippen molar-refractivity contribution < 1.29 is 0 Å². The molecule has 0 spiro atoms. The van der Waals surface area contributed by atoms with Crippen molar-refractivity contribution in [3.8, 4) is 0 Å². The number of hydrogen-bond acceptors (Lipinski definition) is 1. The van der Waals surface area contributed by atoms with E-state index in [-0.39, 0.29) is 0 Å². The summed E-state index contributed by atoms with van der Waals surface area (Å²) in [5.74, 6) is 0. The van der Waals surface area contributed by atoms with Crippen LogP contribution in [0.4, 0.5) is 0 Å². The van der Waals surface area contributed by atoms with Crippen molar-refractivity contribution in [3.63, 3.8) is 0 Å². The molecule has 0 aromatic carbocycles. The molecule has 1 rings (SSSR count). The fourth-order valence-electron chi connectivity index (χ4n) is 1.57. The SMILES string of the molecule is C=C(/C=C\C(Cl)=C/C)[C@@H]1CCCCN1. The monoisotopic (exact) mass is 211 g/mol. The highest BCUT2D eigenvalue weighted by Gasteiger charge is 2.13. The molecule has 1 fully saturated rings. The van der Waals surface area contributed by atoms with Crippen LogP contribution in [0.25, 0.3) is 0 Å². The zero-order valence-corrected chi connectivity index (χ0v) is 9.48. The molecule has 2 heteroatoms. The standard InChI is InChI=1S/C12H18ClN/c1-3-11(13)8-7-10(2)12-6-4-5-9-14-12/h3,7-8,12,14H,2,4-6,9H2,1H3/b8-7-,11-3+/t12-/m0/s1. The third-order valence-corrected chi connectivity index (χ3v) is 2.83. The normalized spacial score (nSPS) is 24.1. The van der Waals surface area contributed by atoms with Crippen LogP contribution in [0.15, 0.2) is 35.4 Å². The van der Waals surface area contributed by atoms with Gasteiger partial charge in [0.15, 0.2) is 0 Å². The topological polar surface area (TPSA) is 12.0 Å². The third kappa shape index (κ3) is 3.69. The zero-order chi connectivity index (χ0) is 10.4. The third-order valence-electron chi connectivity index (χ3n) is 2.49. The van der Waals surface area contributed by atoms with Gasteiger partial charge < -0.3 is 5.32 Å². The average molecular weight is 212 g/mol. The molecule has 78 valence electrons. The van der Waals surface area contributed by atoms with E-state index in [1.807, 2.05) is 25.2 Å². The fourth-order valence-corrected chi connectivity index (χ4v) is 1.63. The van der Waals surface area contributed by atoms with E-state index in [4.69, 9.17) is 11.6 Å². The van der Waals surface area contributed by atoms with Crippen LogP contribution in [0.3, 0.4) is 0 Å². The largest absolute Gasteiger partial charge is 0.310 e. The maximum atomic E-state index is 5.86. The number of nitrogens with one attached hydrogen (secondary N) is 1. The lowest BCUT2D eigenvalue weighted by Gasteiger charge is -2.23. The van der Waals surface area contributed by atoms with Crippen LogP contribution in [0.1, 0.15) is 26.2 Å². The molecule has 1 aliphatic rings. The van der Waals surface area contributed by atoms with E-state index < -0.39 is 0 Å². The zero-order valence-electron chi connectivity index (χ0n) is 8.72. The Morgan fingerprint density at radius 1 is 1.43 bits per heavy atom. The Labute approximate surface area is 91.5 Å². The van der Waals surface area contributed by atoms with Crippen molar-refractivity contribution in [2.45, 2.75) is 32.2 Å². The van der Waals surface area contributed by atoms with Crippen LogP contribution in [0, 0.1) is 0 Å². The number of hydrogen-bond donors (Lipinski definition) is 1. The predicted octanol–water partition coefficient (Wildman–Crippen LogP) is 3.38. The number of piperidine rings is 1. The summed E-state index contributed by atoms with van der Waals surface area (Å²) in [7, 11) is 0. The number of halogens is 1. The molecular formula is C12H18ClN. The molecule has 1 N–H and O–H groups in total. The molecule has 0 radical (unpaired) electrons. The van der Waals surface area contributed by atoms with Gasteiger partial charge in [-0.1, -0.05) is 36.8 Å². The Balaban J connectivity index is 2.44. The van der Waals surface area contributed by atoms with Crippen LogP contribution in [0.2, 0.25) is 0 Å². The quantitative estimate of drug-likeness (QED) is 0.706. The van der Waals surface area contributed by atoms with Crippen LogP contribution >= 0.6 is 11.6 Å². The molecular weight excluding hydrogens is 194 g/mol. The first kappa shape index (κ1) is 11.5. The van der Waals surface area contributed by atoms with Gasteiger partial charge >= 0.3 is 0 Å². The summed E-state index contributed by atoms with van der Waals surface area (Å²) in [6.07, 6.45) is 9.55. The minimum Gasteiger partial charge on any atom is -0.310 e. The second kappa shape index (κ2) is 6.05. The fraction of sp³-hybridized carbons (Fsp3) is 0.500. The highest BCUT2D eigenvalue weighted by atomic mass is 35.5. The molecule has 1 saturated heterocycles. The highest BCUT2D eigenvalue weighted by molar-refractivity contribution is 6.31. The van der Waals surface area contributed by atoms with Crippen molar-refractivity contribution in [1.29, 1.82) is 0 Å². The van der Waals surface area contributed by atoms with E-state index in [9.17, 15) is 0 Å². The summed E-state index contributed by atoms with van der Waals surface area (Å²) in [5, 5.41) is 4.21. The van der Waals surface area contributed by atoms with E-state index >= 15 is 0 Å². The van der Waals surface area contributed by atoms with Crippen molar-refractivity contribution in [1.82, 2.24) is 5.32 Å². The summed E-state index contributed by atoms with van der Waals surface area (Å²) >= 11 is 5.86. The second-order valence-electron chi connectivity index (χ2n) is 3.58. The van der Waals surface area contributed by atoms with Gasteiger partial charge in [0.1, 0.15) is 0 Å². The Morgan fingerprint density at radius 2 is 2.21 bits per heavy atom. The molecule has 0 bridgehead atoms. The molecule has 0 aliphatic carbocycles. The first-order valence-electron chi connectivity index (χ1n) is 5.16. The van der Waals surface area contributed by atoms with Gasteiger partial charge in [-0.3, -0.25) is 0 Å². The highest BCUT2D eigenvalue weighted by Crippen LogP contribution is 2.15. The minimum atomic E-state index is 0.446. The molecule has 0 aromatic rings. The van der Waals surface area contributed by atoms with Crippen molar-refractivity contribution in [2.24, 2.45) is 0 Å². The molecule has 0 aromatic heterocycles. The Kier molecular flexibility index (Phi) is 4.99. The van der Waals surface area contributed by atoms with Gasteiger partial charge in [0.05, 0.1) is 0 Å². The number of allylic oxidation sites excluding steroid dienone is 3. The van der Waals surface area contributed by atoms with Crippen LogP contribution in [0.5, 0.6) is 0 Å². The molecule has 14 heavy (non-hydrogen) atoms.